The minimum absolute atomic E-state index is 0.162. The van der Waals surface area contributed by atoms with E-state index in [1.807, 2.05) is 24.3 Å². The third-order valence-corrected chi connectivity index (χ3v) is 5.44. The van der Waals surface area contributed by atoms with Gasteiger partial charge >= 0.3 is 5.97 Å². The molecule has 1 aliphatic rings. The largest absolute Gasteiger partial charge is 0.480 e. The molecule has 26 heavy (non-hydrogen) atoms. The molecular weight excluding hydrogens is 332 g/mol. The Labute approximate surface area is 154 Å². The second kappa shape index (κ2) is 9.50. The molecule has 1 fully saturated rings. The zero-order valence-electron chi connectivity index (χ0n) is 15.2. The van der Waals surface area contributed by atoms with E-state index in [0.29, 0.717) is 6.54 Å². The quantitative estimate of drug-likeness (QED) is 0.324. The van der Waals surface area contributed by atoms with Gasteiger partial charge in [-0.1, -0.05) is 50.5 Å². The minimum atomic E-state index is -0.775. The third-order valence-electron chi connectivity index (χ3n) is 5.44. The van der Waals surface area contributed by atoms with Crippen molar-refractivity contribution in [3.8, 4) is 0 Å². The number of carbonyl (C=O) groups excluding carboxylic acids is 1. The number of rotatable bonds is 8. The molecule has 6 nitrogen and oxygen atoms in total. The number of carboxylic acids is 1. The van der Waals surface area contributed by atoms with Crippen LogP contribution in [0.5, 0.6) is 0 Å². The van der Waals surface area contributed by atoms with E-state index >= 15 is 0 Å². The van der Waals surface area contributed by atoms with E-state index in [-0.39, 0.29) is 5.41 Å². The van der Waals surface area contributed by atoms with Gasteiger partial charge in [-0.3, -0.25) is 20.1 Å². The van der Waals surface area contributed by atoms with Crippen molar-refractivity contribution in [2.24, 2.45) is 5.41 Å². The van der Waals surface area contributed by atoms with Crippen LogP contribution in [0.1, 0.15) is 56.6 Å². The Kier molecular flexibility index (Phi) is 7.36. The van der Waals surface area contributed by atoms with Crippen LogP contribution in [0.2, 0.25) is 0 Å². The van der Waals surface area contributed by atoms with Crippen molar-refractivity contribution in [2.45, 2.75) is 58.0 Å². The van der Waals surface area contributed by atoms with E-state index in [1.165, 1.54) is 18.0 Å². The first-order valence-electron chi connectivity index (χ1n) is 9.18. The molecule has 4 N–H and O–H groups in total. The van der Waals surface area contributed by atoms with Gasteiger partial charge in [0.2, 0.25) is 0 Å². The van der Waals surface area contributed by atoms with Crippen molar-refractivity contribution >= 4 is 18.0 Å². The summed E-state index contributed by atoms with van der Waals surface area (Å²) in [5.41, 5.74) is 3.19. The van der Waals surface area contributed by atoms with Crippen LogP contribution < -0.4 is 10.8 Å². The Balaban J connectivity index is 2.01. The summed E-state index contributed by atoms with van der Waals surface area (Å²) in [7, 11) is 0. The van der Waals surface area contributed by atoms with Gasteiger partial charge in [0.05, 0.1) is 0 Å². The first kappa shape index (κ1) is 20.1. The highest BCUT2D eigenvalue weighted by Crippen LogP contribution is 2.42. The van der Waals surface area contributed by atoms with E-state index in [4.69, 9.17) is 5.21 Å². The van der Waals surface area contributed by atoms with Crippen LogP contribution in [0.4, 0.5) is 0 Å². The van der Waals surface area contributed by atoms with E-state index in [2.05, 4.69) is 12.2 Å². The molecule has 142 valence electrons. The third kappa shape index (κ3) is 5.16. The molecule has 1 atom stereocenters. The Bertz CT molecular complexity index is 634. The first-order valence-corrected chi connectivity index (χ1v) is 9.18. The number of carbonyl (C=O) groups is 2. The van der Waals surface area contributed by atoms with E-state index in [9.17, 15) is 14.7 Å². The van der Waals surface area contributed by atoms with Crippen molar-refractivity contribution in [3.63, 3.8) is 0 Å². The summed E-state index contributed by atoms with van der Waals surface area (Å²) in [5.74, 6) is -1.36. The van der Waals surface area contributed by atoms with Crippen LogP contribution in [0.15, 0.2) is 30.3 Å². The maximum Gasteiger partial charge on any atom is 0.321 e. The molecule has 0 spiro atoms. The van der Waals surface area contributed by atoms with Crippen LogP contribution in [0, 0.1) is 5.41 Å². The van der Waals surface area contributed by atoms with Crippen molar-refractivity contribution in [1.29, 1.82) is 0 Å². The Morgan fingerprint density at radius 2 is 1.85 bits per heavy atom. The summed E-state index contributed by atoms with van der Waals surface area (Å²) in [6.07, 6.45) is 9.02. The van der Waals surface area contributed by atoms with Crippen LogP contribution >= 0.6 is 0 Å². The van der Waals surface area contributed by atoms with Crippen molar-refractivity contribution in [1.82, 2.24) is 10.8 Å². The Morgan fingerprint density at radius 3 is 2.38 bits per heavy atom. The van der Waals surface area contributed by atoms with Crippen LogP contribution in [-0.2, 0) is 16.1 Å². The molecule has 0 bridgehead atoms. The SMILES string of the molecule is CCC1([C@H](NCc2ccc(C=CC(=O)NO)cc2)C(=O)O)CCCCC1. The molecule has 0 aromatic heterocycles. The summed E-state index contributed by atoms with van der Waals surface area (Å²) in [6, 6.07) is 6.97. The molecule has 1 aliphatic carbocycles. The standard InChI is InChI=1S/C20H28N2O4/c1-2-20(12-4-3-5-13-20)18(19(24)25)21-14-16-8-6-15(7-9-16)10-11-17(23)22-26/h6-11,18,21,26H,2-5,12-14H2,1H3,(H,22,23)(H,24,25)/t18-/m1/s1. The van der Waals surface area contributed by atoms with Crippen LogP contribution in [0.25, 0.3) is 6.08 Å². The lowest BCUT2D eigenvalue weighted by atomic mass is 9.67. The van der Waals surface area contributed by atoms with Gasteiger partial charge < -0.3 is 5.11 Å². The second-order valence-corrected chi connectivity index (χ2v) is 6.98. The van der Waals surface area contributed by atoms with Crippen molar-refractivity contribution in [3.05, 3.63) is 41.5 Å². The number of aliphatic carboxylic acids is 1. The van der Waals surface area contributed by atoms with E-state index in [1.54, 1.807) is 6.08 Å². The lowest BCUT2D eigenvalue weighted by Gasteiger charge is -2.41. The molecular formula is C20H28N2O4. The maximum absolute atomic E-state index is 11.9. The Morgan fingerprint density at radius 1 is 1.19 bits per heavy atom. The fraction of sp³-hybridized carbons (Fsp3) is 0.500. The predicted octanol–water partition coefficient (Wildman–Crippen LogP) is 3.11. The van der Waals surface area contributed by atoms with E-state index < -0.39 is 17.9 Å². The zero-order valence-corrected chi connectivity index (χ0v) is 15.2. The summed E-state index contributed by atoms with van der Waals surface area (Å²) in [4.78, 5) is 22.9. The molecule has 0 radical (unpaired) electrons. The molecule has 1 amide bonds. The van der Waals surface area contributed by atoms with Gasteiger partial charge in [0.1, 0.15) is 6.04 Å². The van der Waals surface area contributed by atoms with E-state index in [0.717, 1.165) is 43.2 Å². The average molecular weight is 360 g/mol. The summed E-state index contributed by atoms with van der Waals surface area (Å²) >= 11 is 0. The number of hydroxylamine groups is 1. The molecule has 2 rings (SSSR count). The predicted molar refractivity (Wildman–Crippen MR) is 99.5 cm³/mol. The summed E-state index contributed by atoms with van der Waals surface area (Å²) in [5, 5.41) is 21.5. The number of hydrogen-bond donors (Lipinski definition) is 4. The molecule has 0 unspecified atom stereocenters. The monoisotopic (exact) mass is 360 g/mol. The van der Waals surface area contributed by atoms with Gasteiger partial charge in [-0.2, -0.15) is 0 Å². The van der Waals surface area contributed by atoms with Gasteiger partial charge in [0.25, 0.3) is 5.91 Å². The van der Waals surface area contributed by atoms with Crippen molar-refractivity contribution in [2.75, 3.05) is 0 Å². The highest BCUT2D eigenvalue weighted by molar-refractivity contribution is 5.90. The van der Waals surface area contributed by atoms with Crippen molar-refractivity contribution < 1.29 is 19.9 Å². The lowest BCUT2D eigenvalue weighted by Crippen LogP contribution is -2.51. The number of amides is 1. The van der Waals surface area contributed by atoms with Gasteiger partial charge in [-0.05, 0) is 41.9 Å². The summed E-state index contributed by atoms with van der Waals surface area (Å²) in [6.45, 7) is 2.58. The molecule has 1 saturated carbocycles. The topological polar surface area (TPSA) is 98.7 Å². The Hall–Kier alpha value is -2.18. The first-order chi connectivity index (χ1) is 12.5. The van der Waals surface area contributed by atoms with Gasteiger partial charge in [-0.25, -0.2) is 5.48 Å². The zero-order chi connectivity index (χ0) is 19.0. The summed E-state index contributed by atoms with van der Waals surface area (Å²) < 4.78 is 0. The smallest absolute Gasteiger partial charge is 0.321 e. The number of carboxylic acid groups (broad SMARTS) is 1. The minimum Gasteiger partial charge on any atom is -0.480 e. The highest BCUT2D eigenvalue weighted by atomic mass is 16.5. The van der Waals surface area contributed by atoms with Crippen LogP contribution in [0.3, 0.4) is 0 Å². The second-order valence-electron chi connectivity index (χ2n) is 6.98. The molecule has 0 saturated heterocycles. The maximum atomic E-state index is 11.9. The average Bonchev–Trinajstić information content (AvgIpc) is 2.67. The molecule has 0 heterocycles. The highest BCUT2D eigenvalue weighted by Gasteiger charge is 2.42. The fourth-order valence-corrected chi connectivity index (χ4v) is 3.84. The van der Waals surface area contributed by atoms with Gasteiger partial charge in [-0.15, -0.1) is 0 Å². The molecule has 1 aromatic rings. The van der Waals surface area contributed by atoms with Gasteiger partial charge in [0, 0.05) is 12.6 Å². The molecule has 0 aliphatic heterocycles. The normalized spacial score (nSPS) is 17.8. The number of benzene rings is 1. The number of nitrogens with one attached hydrogen (secondary N) is 2. The fourth-order valence-electron chi connectivity index (χ4n) is 3.84. The van der Waals surface area contributed by atoms with Crippen LogP contribution in [-0.4, -0.2) is 28.2 Å². The van der Waals surface area contributed by atoms with Gasteiger partial charge in [0.15, 0.2) is 0 Å². The lowest BCUT2D eigenvalue weighted by molar-refractivity contribution is -0.144. The number of hydrogen-bond acceptors (Lipinski definition) is 4. The molecule has 1 aromatic carbocycles. The molecule has 6 heteroatoms.